The molecule has 1 N–H and O–H groups in total. The third-order valence-corrected chi connectivity index (χ3v) is 3.46. The molecule has 0 aliphatic rings. The second-order valence-electron chi connectivity index (χ2n) is 3.81. The van der Waals surface area contributed by atoms with Crippen LogP contribution >= 0.6 is 27.5 Å². The van der Waals surface area contributed by atoms with E-state index in [1.807, 2.05) is 0 Å². The molecule has 2 aromatic carbocycles. The molecule has 19 heavy (non-hydrogen) atoms. The zero-order valence-corrected chi connectivity index (χ0v) is 12.5. The maximum atomic E-state index is 12.2. The molecule has 0 aromatic heterocycles. The second-order valence-corrected chi connectivity index (χ2v) is 5.10. The number of methoxy groups -OCH3 is 1. The van der Waals surface area contributed by atoms with Gasteiger partial charge >= 0.3 is 0 Å². The van der Waals surface area contributed by atoms with Gasteiger partial charge in [-0.1, -0.05) is 11.6 Å². The van der Waals surface area contributed by atoms with Gasteiger partial charge in [0.25, 0.3) is 5.91 Å². The van der Waals surface area contributed by atoms with Crippen LogP contribution in [0.15, 0.2) is 46.9 Å². The van der Waals surface area contributed by atoms with Crippen LogP contribution in [0.2, 0.25) is 5.02 Å². The number of carbonyl (C=O) groups excluding carboxylic acids is 1. The number of hydrogen-bond acceptors (Lipinski definition) is 2. The third kappa shape index (κ3) is 3.49. The van der Waals surface area contributed by atoms with E-state index in [1.54, 1.807) is 49.6 Å². The van der Waals surface area contributed by atoms with Crippen molar-refractivity contribution in [2.75, 3.05) is 12.4 Å². The average molecular weight is 341 g/mol. The summed E-state index contributed by atoms with van der Waals surface area (Å²) in [4.78, 5) is 12.2. The number of nitrogens with one attached hydrogen (secondary N) is 1. The van der Waals surface area contributed by atoms with Gasteiger partial charge in [-0.05, 0) is 58.4 Å². The molecule has 2 rings (SSSR count). The van der Waals surface area contributed by atoms with Crippen molar-refractivity contribution in [2.24, 2.45) is 0 Å². The van der Waals surface area contributed by atoms with Crippen LogP contribution in [-0.2, 0) is 0 Å². The number of carbonyl (C=O) groups is 1. The summed E-state index contributed by atoms with van der Waals surface area (Å²) in [6.07, 6.45) is 0. The number of benzene rings is 2. The van der Waals surface area contributed by atoms with Crippen LogP contribution in [0.5, 0.6) is 5.75 Å². The van der Waals surface area contributed by atoms with Crippen LogP contribution in [0.4, 0.5) is 5.69 Å². The quantitative estimate of drug-likeness (QED) is 0.901. The molecule has 0 spiro atoms. The van der Waals surface area contributed by atoms with Gasteiger partial charge in [-0.15, -0.1) is 0 Å². The monoisotopic (exact) mass is 339 g/mol. The number of amides is 1. The minimum Gasteiger partial charge on any atom is -0.497 e. The summed E-state index contributed by atoms with van der Waals surface area (Å²) in [7, 11) is 1.56. The van der Waals surface area contributed by atoms with Gasteiger partial charge in [-0.3, -0.25) is 4.79 Å². The van der Waals surface area contributed by atoms with Crippen LogP contribution in [0, 0.1) is 0 Å². The molecule has 5 heteroatoms. The fraction of sp³-hybridized carbons (Fsp3) is 0.0714. The molecule has 0 heterocycles. The lowest BCUT2D eigenvalue weighted by Crippen LogP contribution is -2.12. The molecule has 3 nitrogen and oxygen atoms in total. The Morgan fingerprint density at radius 1 is 1.21 bits per heavy atom. The van der Waals surface area contributed by atoms with Crippen LogP contribution in [-0.4, -0.2) is 13.0 Å². The molecule has 98 valence electrons. The molecule has 0 saturated heterocycles. The molecule has 0 radical (unpaired) electrons. The zero-order chi connectivity index (χ0) is 13.8. The van der Waals surface area contributed by atoms with E-state index in [9.17, 15) is 4.79 Å². The first-order chi connectivity index (χ1) is 9.10. The fourth-order valence-electron chi connectivity index (χ4n) is 1.54. The minimum absolute atomic E-state index is 0.215. The summed E-state index contributed by atoms with van der Waals surface area (Å²) < 4.78 is 5.82. The van der Waals surface area contributed by atoms with Crippen LogP contribution < -0.4 is 10.1 Å². The second kappa shape index (κ2) is 6.08. The highest BCUT2D eigenvalue weighted by Gasteiger charge is 2.11. The number of halogens is 2. The van der Waals surface area contributed by atoms with E-state index in [0.717, 1.165) is 0 Å². The predicted octanol–water partition coefficient (Wildman–Crippen LogP) is 4.36. The molecular formula is C14H11BrClNO2. The molecule has 0 aliphatic heterocycles. The van der Waals surface area contributed by atoms with E-state index in [2.05, 4.69) is 21.2 Å². The first-order valence-corrected chi connectivity index (χ1v) is 6.67. The normalized spacial score (nSPS) is 10.1. The molecular weight excluding hydrogens is 330 g/mol. The minimum atomic E-state index is -0.215. The summed E-state index contributed by atoms with van der Waals surface area (Å²) in [5.74, 6) is 0.414. The standard InChI is InChI=1S/C14H11BrClNO2/c1-19-11-6-7-13(15)12(8-11)14(18)17-10-4-2-9(16)3-5-10/h2-8H,1H3,(H,17,18). The first-order valence-electron chi connectivity index (χ1n) is 5.50. The van der Waals surface area contributed by atoms with E-state index < -0.39 is 0 Å². The van der Waals surface area contributed by atoms with E-state index in [1.165, 1.54) is 0 Å². The van der Waals surface area contributed by atoms with Crippen molar-refractivity contribution in [3.8, 4) is 5.75 Å². The molecule has 0 aliphatic carbocycles. The molecule has 0 fully saturated rings. The average Bonchev–Trinajstić information content (AvgIpc) is 2.42. The van der Waals surface area contributed by atoms with Crippen LogP contribution in [0.25, 0.3) is 0 Å². The Balaban J connectivity index is 2.22. The van der Waals surface area contributed by atoms with Gasteiger partial charge in [0.05, 0.1) is 12.7 Å². The Kier molecular flexibility index (Phi) is 4.45. The highest BCUT2D eigenvalue weighted by Crippen LogP contribution is 2.23. The number of hydrogen-bond donors (Lipinski definition) is 1. The van der Waals surface area contributed by atoms with Gasteiger partial charge in [0.1, 0.15) is 5.75 Å². The van der Waals surface area contributed by atoms with Gasteiger partial charge in [-0.2, -0.15) is 0 Å². The van der Waals surface area contributed by atoms with E-state index in [0.29, 0.717) is 26.5 Å². The SMILES string of the molecule is COc1ccc(Br)c(C(=O)Nc2ccc(Cl)cc2)c1. The smallest absolute Gasteiger partial charge is 0.256 e. The zero-order valence-electron chi connectivity index (χ0n) is 10.1. The molecule has 0 saturated carbocycles. The Bertz CT molecular complexity index is 599. The van der Waals surface area contributed by atoms with Crippen molar-refractivity contribution in [2.45, 2.75) is 0 Å². The Morgan fingerprint density at radius 2 is 1.89 bits per heavy atom. The van der Waals surface area contributed by atoms with Gasteiger partial charge < -0.3 is 10.1 Å². The first kappa shape index (κ1) is 13.9. The van der Waals surface area contributed by atoms with E-state index in [-0.39, 0.29) is 5.91 Å². The molecule has 1 amide bonds. The summed E-state index contributed by atoms with van der Waals surface area (Å²) in [6.45, 7) is 0. The Morgan fingerprint density at radius 3 is 2.53 bits per heavy atom. The number of rotatable bonds is 3. The number of ether oxygens (including phenoxy) is 1. The lowest BCUT2D eigenvalue weighted by atomic mass is 10.2. The van der Waals surface area contributed by atoms with Crippen molar-refractivity contribution in [3.05, 3.63) is 57.5 Å². The van der Waals surface area contributed by atoms with Gasteiger partial charge in [0.2, 0.25) is 0 Å². The highest BCUT2D eigenvalue weighted by molar-refractivity contribution is 9.10. The summed E-state index contributed by atoms with van der Waals surface area (Å²) in [5, 5.41) is 3.42. The Labute approximate surface area is 124 Å². The fourth-order valence-corrected chi connectivity index (χ4v) is 2.09. The predicted molar refractivity (Wildman–Crippen MR) is 80.1 cm³/mol. The lowest BCUT2D eigenvalue weighted by molar-refractivity contribution is 0.102. The molecule has 0 unspecified atom stereocenters. The summed E-state index contributed by atoms with van der Waals surface area (Å²) in [6, 6.07) is 12.2. The van der Waals surface area contributed by atoms with Crippen molar-refractivity contribution in [1.82, 2.24) is 0 Å². The van der Waals surface area contributed by atoms with Gasteiger partial charge in [0, 0.05) is 15.2 Å². The van der Waals surface area contributed by atoms with Gasteiger partial charge in [0.15, 0.2) is 0 Å². The summed E-state index contributed by atoms with van der Waals surface area (Å²) >= 11 is 9.14. The largest absolute Gasteiger partial charge is 0.497 e. The summed E-state index contributed by atoms with van der Waals surface area (Å²) in [5.41, 5.74) is 1.19. The van der Waals surface area contributed by atoms with Gasteiger partial charge in [-0.25, -0.2) is 0 Å². The Hall–Kier alpha value is -1.52. The highest BCUT2D eigenvalue weighted by atomic mass is 79.9. The van der Waals surface area contributed by atoms with Crippen molar-refractivity contribution in [1.29, 1.82) is 0 Å². The number of anilines is 1. The van der Waals surface area contributed by atoms with Crippen molar-refractivity contribution >= 4 is 39.1 Å². The van der Waals surface area contributed by atoms with E-state index in [4.69, 9.17) is 16.3 Å². The van der Waals surface area contributed by atoms with Crippen LogP contribution in [0.1, 0.15) is 10.4 Å². The van der Waals surface area contributed by atoms with E-state index >= 15 is 0 Å². The molecule has 2 aromatic rings. The maximum Gasteiger partial charge on any atom is 0.256 e. The molecule has 0 bridgehead atoms. The van der Waals surface area contributed by atoms with Crippen LogP contribution in [0.3, 0.4) is 0 Å². The van der Waals surface area contributed by atoms with Crippen molar-refractivity contribution < 1.29 is 9.53 Å². The molecule has 0 atom stereocenters. The van der Waals surface area contributed by atoms with Crippen molar-refractivity contribution in [3.63, 3.8) is 0 Å². The lowest BCUT2D eigenvalue weighted by Gasteiger charge is -2.08. The topological polar surface area (TPSA) is 38.3 Å². The maximum absolute atomic E-state index is 12.2. The third-order valence-electron chi connectivity index (χ3n) is 2.52.